The number of halogens is 1. The monoisotopic (exact) mass is 573 g/mol. The van der Waals surface area contributed by atoms with Gasteiger partial charge < -0.3 is 35.0 Å². The van der Waals surface area contributed by atoms with Crippen molar-refractivity contribution in [1.82, 2.24) is 14.5 Å². The molecule has 0 atom stereocenters. The Morgan fingerprint density at radius 3 is 2.52 bits per heavy atom. The van der Waals surface area contributed by atoms with Crippen molar-refractivity contribution in [2.75, 3.05) is 32.3 Å². The molecule has 0 amide bonds. The van der Waals surface area contributed by atoms with E-state index in [1.807, 2.05) is 0 Å². The first-order valence-electron chi connectivity index (χ1n) is 13.1. The molecule has 11 nitrogen and oxygen atoms in total. The number of hydrogen-bond acceptors (Lipinski definition) is 10. The van der Waals surface area contributed by atoms with E-state index < -0.39 is 17.4 Å². The molecule has 42 heavy (non-hydrogen) atoms. The summed E-state index contributed by atoms with van der Waals surface area (Å²) in [7, 11) is 2.98. The van der Waals surface area contributed by atoms with E-state index >= 15 is 4.39 Å². The number of nitrogen functional groups attached to an aromatic ring is 2. The summed E-state index contributed by atoms with van der Waals surface area (Å²) >= 11 is 0. The van der Waals surface area contributed by atoms with Crippen molar-refractivity contribution in [2.24, 2.45) is 0 Å². The van der Waals surface area contributed by atoms with Crippen LogP contribution in [0.4, 0.5) is 21.0 Å². The molecular formula is C30H28FN5O6. The Hall–Kier alpha value is -5.31. The maximum Gasteiger partial charge on any atom is 0.514 e. The molecule has 1 aliphatic rings. The lowest BCUT2D eigenvalue weighted by molar-refractivity contribution is 0.104. The fraction of sp³-hybridized carbons (Fsp3) is 0.267. The van der Waals surface area contributed by atoms with Crippen LogP contribution in [0.15, 0.2) is 41.5 Å². The summed E-state index contributed by atoms with van der Waals surface area (Å²) in [5.41, 5.74) is 13.4. The second-order valence-corrected chi connectivity index (χ2v) is 9.54. The van der Waals surface area contributed by atoms with Crippen LogP contribution in [0, 0.1) is 17.7 Å². The van der Waals surface area contributed by atoms with Gasteiger partial charge in [-0.05, 0) is 49.6 Å². The highest BCUT2D eigenvalue weighted by molar-refractivity contribution is 5.83. The molecule has 2 aromatic carbocycles. The van der Waals surface area contributed by atoms with E-state index in [4.69, 9.17) is 30.4 Å². The Balaban J connectivity index is 1.57. The third kappa shape index (κ3) is 5.76. The fourth-order valence-electron chi connectivity index (χ4n) is 4.55. The van der Waals surface area contributed by atoms with Gasteiger partial charge in [0.25, 0.3) is 0 Å². The number of benzene rings is 2. The number of aromatic nitrogens is 3. The van der Waals surface area contributed by atoms with Crippen LogP contribution in [0.3, 0.4) is 0 Å². The van der Waals surface area contributed by atoms with Crippen LogP contribution in [0.2, 0.25) is 0 Å². The Bertz CT molecular complexity index is 1820. The lowest BCUT2D eigenvalue weighted by atomic mass is 10.0. The van der Waals surface area contributed by atoms with Gasteiger partial charge in [-0.1, -0.05) is 11.8 Å². The molecule has 5 rings (SSSR count). The van der Waals surface area contributed by atoms with Gasteiger partial charge in [-0.3, -0.25) is 4.79 Å². The first kappa shape index (κ1) is 28.2. The number of carbonyl (C=O) groups is 1. The van der Waals surface area contributed by atoms with E-state index in [1.54, 1.807) is 29.8 Å². The van der Waals surface area contributed by atoms with E-state index in [0.717, 1.165) is 24.5 Å². The number of anilines is 2. The Morgan fingerprint density at radius 1 is 1.10 bits per heavy atom. The van der Waals surface area contributed by atoms with E-state index in [-0.39, 0.29) is 41.1 Å². The molecule has 0 radical (unpaired) electrons. The molecule has 1 fully saturated rings. The van der Waals surface area contributed by atoms with Crippen LogP contribution >= 0.6 is 0 Å². The molecule has 0 saturated heterocycles. The van der Waals surface area contributed by atoms with Crippen LogP contribution < -0.4 is 31.1 Å². The zero-order valence-corrected chi connectivity index (χ0v) is 23.2. The minimum Gasteiger partial charge on any atom is -0.493 e. The third-order valence-corrected chi connectivity index (χ3v) is 6.67. The van der Waals surface area contributed by atoms with Crippen molar-refractivity contribution in [3.05, 3.63) is 75.0 Å². The van der Waals surface area contributed by atoms with E-state index in [1.165, 1.54) is 26.5 Å². The number of ether oxygens (including phenoxy) is 4. The number of nitrogens with zero attached hydrogens (tertiary/aromatic N) is 3. The molecular weight excluding hydrogens is 545 g/mol. The normalized spacial score (nSPS) is 12.4. The van der Waals surface area contributed by atoms with Gasteiger partial charge in [0.2, 0.25) is 11.4 Å². The summed E-state index contributed by atoms with van der Waals surface area (Å²) in [6, 6.07) is 6.26. The van der Waals surface area contributed by atoms with Gasteiger partial charge in [-0.2, -0.15) is 4.98 Å². The summed E-state index contributed by atoms with van der Waals surface area (Å²) in [5.74, 6) is 6.04. The molecule has 4 aromatic rings. The molecule has 2 heterocycles. The van der Waals surface area contributed by atoms with Crippen LogP contribution in [-0.2, 0) is 11.2 Å². The standard InChI is InChI=1S/C30H28FN5O6/c1-4-41-30(38)42-25-15-36(20-7-8-20)23-12-17(22(31)13-21(23)26(25)37)5-6-18-9-16(11-24(39-2)27(18)40-3)10-19-14-34-29(33)35-28(19)32/h9,11-15,20H,4,7-8,10H2,1-3H3,(H4,32,33,34,35). The van der Waals surface area contributed by atoms with E-state index in [9.17, 15) is 9.59 Å². The third-order valence-electron chi connectivity index (χ3n) is 6.67. The first-order chi connectivity index (χ1) is 20.2. The first-order valence-corrected chi connectivity index (χ1v) is 13.1. The zero-order valence-electron chi connectivity index (χ0n) is 23.2. The van der Waals surface area contributed by atoms with Gasteiger partial charge in [-0.15, -0.1) is 0 Å². The quantitative estimate of drug-likeness (QED) is 0.245. The number of nitrogens with two attached hydrogens (primary N) is 2. The highest BCUT2D eigenvalue weighted by atomic mass is 19.1. The molecule has 0 bridgehead atoms. The minimum absolute atomic E-state index is 0.0660. The molecule has 0 unspecified atom stereocenters. The summed E-state index contributed by atoms with van der Waals surface area (Å²) in [6.07, 6.45) is 4.09. The second-order valence-electron chi connectivity index (χ2n) is 9.54. The largest absolute Gasteiger partial charge is 0.514 e. The molecule has 2 aromatic heterocycles. The maximum atomic E-state index is 15.4. The number of hydrogen-bond donors (Lipinski definition) is 2. The predicted molar refractivity (Wildman–Crippen MR) is 153 cm³/mol. The number of methoxy groups -OCH3 is 2. The van der Waals surface area contributed by atoms with E-state index in [0.29, 0.717) is 34.6 Å². The Morgan fingerprint density at radius 2 is 1.86 bits per heavy atom. The number of carbonyl (C=O) groups excluding carboxylic acids is 1. The van der Waals surface area contributed by atoms with Crippen molar-refractivity contribution < 1.29 is 28.1 Å². The molecule has 12 heteroatoms. The van der Waals surface area contributed by atoms with Gasteiger partial charge in [0.05, 0.1) is 49.1 Å². The average molecular weight is 574 g/mol. The SMILES string of the molecule is CCOC(=O)Oc1cn(C2CC2)c2cc(C#Cc3cc(Cc4cnc(N)nc4N)cc(OC)c3OC)c(F)cc2c1=O. The molecule has 4 N–H and O–H groups in total. The lowest BCUT2D eigenvalue weighted by Gasteiger charge is -2.14. The van der Waals surface area contributed by atoms with Crippen molar-refractivity contribution in [2.45, 2.75) is 32.2 Å². The van der Waals surface area contributed by atoms with Crippen LogP contribution in [0.1, 0.15) is 48.1 Å². The fourth-order valence-corrected chi connectivity index (χ4v) is 4.55. The number of fused-ring (bicyclic) bond motifs is 1. The summed E-state index contributed by atoms with van der Waals surface area (Å²) in [6.45, 7) is 1.71. The average Bonchev–Trinajstić information content (AvgIpc) is 3.80. The van der Waals surface area contributed by atoms with Crippen LogP contribution in [0.25, 0.3) is 10.9 Å². The van der Waals surface area contributed by atoms with Crippen molar-refractivity contribution in [3.63, 3.8) is 0 Å². The molecule has 0 spiro atoms. The van der Waals surface area contributed by atoms with Gasteiger partial charge in [0.15, 0.2) is 17.2 Å². The van der Waals surface area contributed by atoms with Crippen LogP contribution in [0.5, 0.6) is 17.2 Å². The molecule has 1 aliphatic carbocycles. The summed E-state index contributed by atoms with van der Waals surface area (Å²) in [5, 5.41) is 0.0660. The van der Waals surface area contributed by atoms with Gasteiger partial charge >= 0.3 is 6.16 Å². The smallest absolute Gasteiger partial charge is 0.493 e. The summed E-state index contributed by atoms with van der Waals surface area (Å²) < 4.78 is 38.1. The van der Waals surface area contributed by atoms with Gasteiger partial charge in [0.1, 0.15) is 11.6 Å². The molecule has 0 aliphatic heterocycles. The lowest BCUT2D eigenvalue weighted by Crippen LogP contribution is -2.18. The highest BCUT2D eigenvalue weighted by Crippen LogP contribution is 2.38. The Kier molecular flexibility index (Phi) is 7.84. The van der Waals surface area contributed by atoms with Gasteiger partial charge in [0, 0.05) is 24.2 Å². The molecule has 1 saturated carbocycles. The number of rotatable bonds is 7. The van der Waals surface area contributed by atoms with E-state index in [2.05, 4.69) is 21.8 Å². The maximum absolute atomic E-state index is 15.4. The zero-order chi connectivity index (χ0) is 30.0. The van der Waals surface area contributed by atoms with Gasteiger partial charge in [-0.25, -0.2) is 14.2 Å². The number of pyridine rings is 1. The Labute approximate surface area is 240 Å². The van der Waals surface area contributed by atoms with Crippen molar-refractivity contribution >= 4 is 28.8 Å². The molecule has 216 valence electrons. The second kappa shape index (κ2) is 11.7. The minimum atomic E-state index is -1.00. The topological polar surface area (TPSA) is 154 Å². The van der Waals surface area contributed by atoms with Crippen LogP contribution in [-0.4, -0.2) is 41.5 Å². The van der Waals surface area contributed by atoms with Crippen molar-refractivity contribution in [3.8, 4) is 29.1 Å². The van der Waals surface area contributed by atoms with Crippen molar-refractivity contribution in [1.29, 1.82) is 0 Å². The highest BCUT2D eigenvalue weighted by Gasteiger charge is 2.27. The summed E-state index contributed by atoms with van der Waals surface area (Å²) in [4.78, 5) is 33.0. The predicted octanol–water partition coefficient (Wildman–Crippen LogP) is 3.97.